The molecule has 0 aliphatic heterocycles. The van der Waals surface area contributed by atoms with Gasteiger partial charge in [-0.05, 0) is 17.7 Å². The second kappa shape index (κ2) is 4.80. The highest BCUT2D eigenvalue weighted by atomic mass is 35.5. The summed E-state index contributed by atoms with van der Waals surface area (Å²) in [6.45, 7) is 0. The standard InChI is InChI=1S/C8H9ClN2O3/c9-14-8(13)7(12)5-1-3-6(11-10)4-2-5/h1-4,7,11-12H,10H2/t7-/m1/s1. The van der Waals surface area contributed by atoms with Crippen LogP contribution in [0.4, 0.5) is 5.69 Å². The summed E-state index contributed by atoms with van der Waals surface area (Å²) in [4.78, 5) is 10.8. The molecule has 0 amide bonds. The van der Waals surface area contributed by atoms with Crippen molar-refractivity contribution >= 4 is 23.5 Å². The number of hydrogen-bond donors (Lipinski definition) is 3. The molecule has 0 saturated carbocycles. The minimum absolute atomic E-state index is 0.384. The number of nitrogens with two attached hydrogens (primary N) is 1. The number of carbonyl (C=O) groups excluding carboxylic acids is 1. The van der Waals surface area contributed by atoms with Gasteiger partial charge >= 0.3 is 5.97 Å². The van der Waals surface area contributed by atoms with Crippen LogP contribution in [-0.4, -0.2) is 11.1 Å². The SMILES string of the molecule is NNc1ccc([C@@H](O)C(=O)OCl)cc1. The van der Waals surface area contributed by atoms with Crippen LogP contribution in [0.1, 0.15) is 11.7 Å². The van der Waals surface area contributed by atoms with Gasteiger partial charge in [-0.3, -0.25) is 5.84 Å². The number of aliphatic hydroxyl groups is 1. The Labute approximate surface area is 85.6 Å². The van der Waals surface area contributed by atoms with Crippen molar-refractivity contribution in [3.8, 4) is 0 Å². The summed E-state index contributed by atoms with van der Waals surface area (Å²) in [5.41, 5.74) is 3.46. The van der Waals surface area contributed by atoms with Gasteiger partial charge in [0.25, 0.3) is 0 Å². The highest BCUT2D eigenvalue weighted by Gasteiger charge is 2.18. The zero-order valence-electron chi connectivity index (χ0n) is 7.11. The molecular weight excluding hydrogens is 208 g/mol. The molecule has 0 aliphatic carbocycles. The van der Waals surface area contributed by atoms with Crippen LogP contribution < -0.4 is 11.3 Å². The van der Waals surface area contributed by atoms with Gasteiger partial charge in [0, 0.05) is 5.69 Å². The molecule has 0 fully saturated rings. The molecule has 5 nitrogen and oxygen atoms in total. The van der Waals surface area contributed by atoms with E-state index in [1.807, 2.05) is 0 Å². The first-order valence-corrected chi connectivity index (χ1v) is 4.07. The van der Waals surface area contributed by atoms with E-state index in [-0.39, 0.29) is 0 Å². The number of halogens is 1. The Kier molecular flexibility index (Phi) is 3.70. The third kappa shape index (κ3) is 2.35. The van der Waals surface area contributed by atoms with Crippen LogP contribution in [0.2, 0.25) is 0 Å². The molecule has 0 aliphatic rings. The zero-order chi connectivity index (χ0) is 10.6. The maximum atomic E-state index is 10.8. The molecule has 6 heteroatoms. The van der Waals surface area contributed by atoms with Crippen LogP contribution in [0.3, 0.4) is 0 Å². The summed E-state index contributed by atoms with van der Waals surface area (Å²) in [6.07, 6.45) is -1.38. The number of nitrogens with one attached hydrogen (secondary N) is 1. The third-order valence-electron chi connectivity index (χ3n) is 1.69. The number of hydrazine groups is 1. The van der Waals surface area contributed by atoms with Gasteiger partial charge in [-0.25, -0.2) is 4.79 Å². The number of carbonyl (C=O) groups is 1. The lowest BCUT2D eigenvalue weighted by Gasteiger charge is -2.07. The predicted molar refractivity (Wildman–Crippen MR) is 51.2 cm³/mol. The zero-order valence-corrected chi connectivity index (χ0v) is 7.86. The molecule has 1 aromatic carbocycles. The molecular formula is C8H9ClN2O3. The van der Waals surface area contributed by atoms with E-state index in [2.05, 4.69) is 9.72 Å². The van der Waals surface area contributed by atoms with Gasteiger partial charge in [0.15, 0.2) is 6.10 Å². The molecule has 0 unspecified atom stereocenters. The van der Waals surface area contributed by atoms with E-state index >= 15 is 0 Å². The minimum Gasteiger partial charge on any atom is -0.377 e. The quantitative estimate of drug-likeness (QED) is 0.512. The highest BCUT2D eigenvalue weighted by molar-refractivity contribution is 6.13. The summed E-state index contributed by atoms with van der Waals surface area (Å²) < 4.78 is 3.87. The molecule has 4 N–H and O–H groups in total. The van der Waals surface area contributed by atoms with Crippen molar-refractivity contribution in [2.45, 2.75) is 6.10 Å². The fourth-order valence-corrected chi connectivity index (χ4v) is 1.02. The average molecular weight is 217 g/mol. The first-order valence-electron chi connectivity index (χ1n) is 3.76. The van der Waals surface area contributed by atoms with Gasteiger partial charge in [-0.2, -0.15) is 0 Å². The largest absolute Gasteiger partial charge is 0.377 e. The van der Waals surface area contributed by atoms with Crippen LogP contribution in [0.25, 0.3) is 0 Å². The number of anilines is 1. The summed E-state index contributed by atoms with van der Waals surface area (Å²) in [7, 11) is 0. The Morgan fingerprint density at radius 2 is 2.07 bits per heavy atom. The topological polar surface area (TPSA) is 84.6 Å². The molecule has 0 radical (unpaired) electrons. The van der Waals surface area contributed by atoms with Crippen LogP contribution in [-0.2, 0) is 9.08 Å². The predicted octanol–water partition coefficient (Wildman–Crippen LogP) is 0.703. The van der Waals surface area contributed by atoms with E-state index in [0.29, 0.717) is 11.3 Å². The summed E-state index contributed by atoms with van der Waals surface area (Å²) >= 11 is 4.81. The average Bonchev–Trinajstić information content (AvgIpc) is 2.27. The molecule has 0 bridgehead atoms. The van der Waals surface area contributed by atoms with Crippen LogP contribution in [0.5, 0.6) is 0 Å². The van der Waals surface area contributed by atoms with Crippen molar-refractivity contribution < 1.29 is 14.2 Å². The lowest BCUT2D eigenvalue weighted by molar-refractivity contribution is -0.143. The minimum atomic E-state index is -1.38. The first-order chi connectivity index (χ1) is 6.69. The Bertz CT molecular complexity index is 315. The highest BCUT2D eigenvalue weighted by Crippen LogP contribution is 2.17. The molecule has 0 heterocycles. The van der Waals surface area contributed by atoms with E-state index in [1.165, 1.54) is 12.1 Å². The lowest BCUT2D eigenvalue weighted by Crippen LogP contribution is -2.12. The summed E-state index contributed by atoms with van der Waals surface area (Å²) in [5, 5.41) is 9.34. The maximum Gasteiger partial charge on any atom is 0.357 e. The van der Waals surface area contributed by atoms with Gasteiger partial charge < -0.3 is 14.8 Å². The maximum absolute atomic E-state index is 10.8. The second-order valence-electron chi connectivity index (χ2n) is 2.57. The van der Waals surface area contributed by atoms with Crippen LogP contribution >= 0.6 is 11.9 Å². The van der Waals surface area contributed by atoms with E-state index in [9.17, 15) is 9.90 Å². The molecule has 0 aromatic heterocycles. The number of hydrogen-bond acceptors (Lipinski definition) is 5. The first kappa shape index (κ1) is 10.8. The third-order valence-corrected chi connectivity index (χ3v) is 1.84. The van der Waals surface area contributed by atoms with Crippen molar-refractivity contribution in [2.24, 2.45) is 5.84 Å². The number of benzene rings is 1. The van der Waals surface area contributed by atoms with E-state index < -0.39 is 12.1 Å². The van der Waals surface area contributed by atoms with Gasteiger partial charge in [0.2, 0.25) is 0 Å². The van der Waals surface area contributed by atoms with Gasteiger partial charge in [-0.15, -0.1) is 0 Å². The number of aliphatic hydroxyl groups excluding tert-OH is 1. The number of rotatable bonds is 3. The molecule has 1 rings (SSSR count). The Balaban J connectivity index is 2.81. The molecule has 0 saturated heterocycles. The summed E-state index contributed by atoms with van der Waals surface area (Å²) in [5.74, 6) is 4.22. The van der Waals surface area contributed by atoms with E-state index in [1.54, 1.807) is 12.1 Å². The van der Waals surface area contributed by atoms with Gasteiger partial charge in [-0.1, -0.05) is 12.1 Å². The van der Waals surface area contributed by atoms with E-state index in [4.69, 9.17) is 17.7 Å². The van der Waals surface area contributed by atoms with Crippen molar-refractivity contribution in [3.05, 3.63) is 29.8 Å². The van der Waals surface area contributed by atoms with Crippen molar-refractivity contribution in [2.75, 3.05) is 5.43 Å². The Morgan fingerprint density at radius 3 is 2.50 bits per heavy atom. The van der Waals surface area contributed by atoms with Crippen molar-refractivity contribution in [3.63, 3.8) is 0 Å². The smallest absolute Gasteiger partial charge is 0.357 e. The molecule has 1 atom stereocenters. The van der Waals surface area contributed by atoms with Crippen LogP contribution in [0.15, 0.2) is 24.3 Å². The molecule has 14 heavy (non-hydrogen) atoms. The van der Waals surface area contributed by atoms with Crippen molar-refractivity contribution in [1.82, 2.24) is 0 Å². The lowest BCUT2D eigenvalue weighted by atomic mass is 10.1. The van der Waals surface area contributed by atoms with Crippen molar-refractivity contribution in [1.29, 1.82) is 0 Å². The van der Waals surface area contributed by atoms with Gasteiger partial charge in [0.1, 0.15) is 11.9 Å². The molecule has 76 valence electrons. The monoisotopic (exact) mass is 216 g/mol. The Hall–Kier alpha value is -1.30. The normalized spacial score (nSPS) is 11.9. The Morgan fingerprint density at radius 1 is 1.50 bits per heavy atom. The number of nitrogen functional groups attached to an aromatic ring is 1. The second-order valence-corrected chi connectivity index (χ2v) is 2.72. The van der Waals surface area contributed by atoms with Gasteiger partial charge in [0.05, 0.1) is 0 Å². The van der Waals surface area contributed by atoms with Crippen LogP contribution in [0, 0.1) is 0 Å². The van der Waals surface area contributed by atoms with E-state index in [0.717, 1.165) is 0 Å². The fraction of sp³-hybridized carbons (Fsp3) is 0.125. The molecule has 0 spiro atoms. The molecule has 1 aromatic rings. The fourth-order valence-electron chi connectivity index (χ4n) is 0.940. The summed E-state index contributed by atoms with van der Waals surface area (Å²) in [6, 6.07) is 6.29.